The van der Waals surface area contributed by atoms with Gasteiger partial charge in [-0.15, -0.1) is 0 Å². The fourth-order valence-electron chi connectivity index (χ4n) is 0. The summed E-state index contributed by atoms with van der Waals surface area (Å²) in [6, 6.07) is 0. The van der Waals surface area contributed by atoms with E-state index in [0.29, 0.717) is 0 Å². The first-order valence-electron chi connectivity index (χ1n) is 2.25. The first-order valence-corrected chi connectivity index (χ1v) is 2.25. The van der Waals surface area contributed by atoms with Crippen LogP contribution in [0, 0.1) is 0 Å². The summed E-state index contributed by atoms with van der Waals surface area (Å²) in [4.78, 5) is 18.5. The smallest absolute Gasteiger partial charge is 1.00 e. The zero-order valence-corrected chi connectivity index (χ0v) is 11.9. The van der Waals surface area contributed by atoms with Crippen LogP contribution in [0.4, 0.5) is 0 Å². The van der Waals surface area contributed by atoms with Crippen LogP contribution in [0.5, 0.6) is 0 Å². The van der Waals surface area contributed by atoms with E-state index >= 15 is 0 Å². The van der Waals surface area contributed by atoms with Crippen molar-refractivity contribution in [2.75, 3.05) is 0 Å². The van der Waals surface area contributed by atoms with E-state index in [1.54, 1.807) is 0 Å². The first-order chi connectivity index (χ1) is 4.54. The molecule has 0 amide bonds. The molecule has 0 atom stereocenters. The number of rotatable bonds is 2. The number of hydrogen-bond acceptors (Lipinski definition) is 2. The molecule has 0 aromatic heterocycles. The minimum Gasteiger partial charge on any atom is -1.00 e. The molecule has 4 nitrogen and oxygen atoms in total. The Bertz CT molecular complexity index is 148. The van der Waals surface area contributed by atoms with Crippen molar-refractivity contribution in [1.29, 1.82) is 0 Å². The van der Waals surface area contributed by atoms with E-state index in [1.165, 1.54) is 0 Å². The van der Waals surface area contributed by atoms with Crippen molar-refractivity contribution in [3.8, 4) is 0 Å². The van der Waals surface area contributed by atoms with Crippen LogP contribution >= 0.6 is 0 Å². The molecule has 14 heavy (non-hydrogen) atoms. The second kappa shape index (κ2) is 29.2. The van der Waals surface area contributed by atoms with Gasteiger partial charge in [-0.1, -0.05) is 13.2 Å². The molecule has 0 aliphatic carbocycles. The van der Waals surface area contributed by atoms with Crippen molar-refractivity contribution in [2.45, 2.75) is 0 Å². The normalized spacial score (nSPS) is 4.57. The molecule has 0 fully saturated rings. The average molecular weight is 475 g/mol. The molecule has 8 heteroatoms. The molecule has 0 heterocycles. The first kappa shape index (κ1) is 36.5. The Hall–Kier alpha value is 0.671. The van der Waals surface area contributed by atoms with Gasteiger partial charge >= 0.3 is 56.7 Å². The molecule has 0 unspecified atom stereocenters. The third kappa shape index (κ3) is 79.1. The van der Waals surface area contributed by atoms with Gasteiger partial charge in [0.15, 0.2) is 0 Å². The Balaban J connectivity index is -0.0000000178. The van der Waals surface area contributed by atoms with Gasteiger partial charge < -0.3 is 39.6 Å². The molecule has 0 aromatic carbocycles. The SMILES string of the molecule is C=CC(=O)O.C=CC(=O)O.[Ag+].[Ag+].[Br-].[Cl-]. The van der Waals surface area contributed by atoms with Crippen molar-refractivity contribution < 1.29 is 94.0 Å². The number of carboxylic acids is 2. The van der Waals surface area contributed by atoms with Crippen LogP contribution in [0.1, 0.15) is 0 Å². The molecule has 92 valence electrons. The van der Waals surface area contributed by atoms with Gasteiger partial charge in [0.05, 0.1) is 0 Å². The van der Waals surface area contributed by atoms with Crippen LogP contribution in [0.25, 0.3) is 0 Å². The van der Waals surface area contributed by atoms with E-state index in [2.05, 4.69) is 13.2 Å². The summed E-state index contributed by atoms with van der Waals surface area (Å²) in [5.74, 6) is -1.96. The van der Waals surface area contributed by atoms with E-state index in [0.717, 1.165) is 12.2 Å². The van der Waals surface area contributed by atoms with Crippen molar-refractivity contribution in [1.82, 2.24) is 0 Å². The van der Waals surface area contributed by atoms with Gasteiger partial charge in [-0.25, -0.2) is 9.59 Å². The maximum absolute atomic E-state index is 9.25. The molecule has 0 bridgehead atoms. The van der Waals surface area contributed by atoms with Crippen molar-refractivity contribution in [3.05, 3.63) is 25.3 Å². The van der Waals surface area contributed by atoms with Gasteiger partial charge in [0.25, 0.3) is 0 Å². The fraction of sp³-hybridized carbons (Fsp3) is 0. The van der Waals surface area contributed by atoms with E-state index in [4.69, 9.17) is 10.2 Å². The van der Waals surface area contributed by atoms with Crippen molar-refractivity contribution >= 4 is 11.9 Å². The summed E-state index contributed by atoms with van der Waals surface area (Å²) in [6.07, 6.45) is 1.67. The van der Waals surface area contributed by atoms with E-state index in [1.807, 2.05) is 0 Å². The number of halogens is 2. The minimum atomic E-state index is -0.981. The van der Waals surface area contributed by atoms with Gasteiger partial charge in [-0.05, 0) is 0 Å². The Kier molecular flexibility index (Phi) is 76.0. The summed E-state index contributed by atoms with van der Waals surface area (Å²) >= 11 is 0. The Morgan fingerprint density at radius 3 is 1.00 bits per heavy atom. The molecule has 0 saturated carbocycles. The standard InChI is InChI=1S/2C3H4O2.2Ag.BrH.ClH/c2*1-2-3(4)5;;;;/h2*2H,1H2,(H,4,5);;;2*1H/q;;2*+1;;/p-2. The molecule has 0 spiro atoms. The maximum Gasteiger partial charge on any atom is 1.00 e. The van der Waals surface area contributed by atoms with Gasteiger partial charge in [0.1, 0.15) is 0 Å². The summed E-state index contributed by atoms with van der Waals surface area (Å²) in [5, 5.41) is 15.2. The van der Waals surface area contributed by atoms with Crippen LogP contribution < -0.4 is 29.4 Å². The van der Waals surface area contributed by atoms with Gasteiger partial charge in [-0.3, -0.25) is 0 Å². The largest absolute Gasteiger partial charge is 1.00 e. The van der Waals surface area contributed by atoms with Crippen LogP contribution in [0.3, 0.4) is 0 Å². The second-order valence-electron chi connectivity index (χ2n) is 1.08. The molecule has 0 aliphatic heterocycles. The summed E-state index contributed by atoms with van der Waals surface area (Å²) < 4.78 is 0. The maximum atomic E-state index is 9.25. The van der Waals surface area contributed by atoms with Gasteiger partial charge in [-0.2, -0.15) is 0 Å². The van der Waals surface area contributed by atoms with Crippen molar-refractivity contribution in [2.24, 2.45) is 0 Å². The van der Waals surface area contributed by atoms with E-state index in [-0.39, 0.29) is 74.1 Å². The van der Waals surface area contributed by atoms with Gasteiger partial charge in [0, 0.05) is 12.2 Å². The van der Waals surface area contributed by atoms with Crippen LogP contribution in [-0.2, 0) is 54.3 Å². The zero-order valence-electron chi connectivity index (χ0n) is 6.64. The van der Waals surface area contributed by atoms with Crippen LogP contribution in [-0.4, -0.2) is 22.2 Å². The zero-order chi connectivity index (χ0) is 8.57. The molecule has 0 rings (SSSR count). The quantitative estimate of drug-likeness (QED) is 0.309. The predicted octanol–water partition coefficient (Wildman–Crippen LogP) is -5.48. The summed E-state index contributed by atoms with van der Waals surface area (Å²) in [6.45, 7) is 5.92. The summed E-state index contributed by atoms with van der Waals surface area (Å²) in [7, 11) is 0. The molecule has 0 saturated heterocycles. The molecule has 0 aliphatic rings. The molecule has 0 radical (unpaired) electrons. The Morgan fingerprint density at radius 2 is 1.00 bits per heavy atom. The topological polar surface area (TPSA) is 74.6 Å². The number of carboxylic acid groups (broad SMARTS) is 2. The van der Waals surface area contributed by atoms with Gasteiger partial charge in [0.2, 0.25) is 0 Å². The monoisotopic (exact) mass is 472 g/mol. The average Bonchev–Trinajstić information content (AvgIpc) is 1.89. The number of carbonyl (C=O) groups is 2. The van der Waals surface area contributed by atoms with Crippen molar-refractivity contribution in [3.63, 3.8) is 0 Å². The van der Waals surface area contributed by atoms with E-state index in [9.17, 15) is 9.59 Å². The number of aliphatic carboxylic acids is 2. The fourth-order valence-corrected chi connectivity index (χ4v) is 0. The third-order valence-electron chi connectivity index (χ3n) is 0.349. The molecular weight excluding hydrogens is 467 g/mol. The second-order valence-corrected chi connectivity index (χ2v) is 1.08. The summed E-state index contributed by atoms with van der Waals surface area (Å²) in [5.41, 5.74) is 0. The third-order valence-corrected chi connectivity index (χ3v) is 0.349. The number of hydrogen-bond donors (Lipinski definition) is 2. The predicted molar refractivity (Wildman–Crippen MR) is 35.7 cm³/mol. The molecule has 2 N–H and O–H groups in total. The Morgan fingerprint density at radius 1 is 0.929 bits per heavy atom. The molecular formula is C6H8Ag2BrClO4. The van der Waals surface area contributed by atoms with Crippen LogP contribution in [0.2, 0.25) is 0 Å². The van der Waals surface area contributed by atoms with Crippen LogP contribution in [0.15, 0.2) is 25.3 Å². The minimum absolute atomic E-state index is 0. The molecule has 0 aromatic rings. The Labute approximate surface area is 130 Å². The van der Waals surface area contributed by atoms with E-state index < -0.39 is 11.9 Å².